The molecule has 1 rings (SSSR count). The molecule has 58 valence electrons. The molecule has 0 spiro atoms. The number of hydrogen-bond acceptors (Lipinski definition) is 2. The normalized spacial score (nSPS) is 9.27. The van der Waals surface area contributed by atoms with E-state index in [-0.39, 0.29) is 5.90 Å². The van der Waals surface area contributed by atoms with Crippen LogP contribution in [0, 0.1) is 5.41 Å². The highest BCUT2D eigenvalue weighted by Gasteiger charge is 1.98. The quantitative estimate of drug-likeness (QED) is 0.509. The van der Waals surface area contributed by atoms with Crippen LogP contribution in [-0.4, -0.2) is 5.90 Å². The molecule has 2 nitrogen and oxygen atoms in total. The number of nitrogens with one attached hydrogen (secondary N) is 1. The molecule has 0 bridgehead atoms. The maximum absolute atomic E-state index is 7.05. The molecule has 0 fully saturated rings. The zero-order valence-corrected chi connectivity index (χ0v) is 6.85. The van der Waals surface area contributed by atoms with Crippen LogP contribution in [0.1, 0.15) is 6.92 Å². The summed E-state index contributed by atoms with van der Waals surface area (Å²) < 4.78 is 5.00. The van der Waals surface area contributed by atoms with Gasteiger partial charge in [-0.1, -0.05) is 23.7 Å². The lowest BCUT2D eigenvalue weighted by atomic mass is 10.3. The first-order valence-electron chi connectivity index (χ1n) is 3.17. The lowest BCUT2D eigenvalue weighted by molar-refractivity contribution is 0.542. The van der Waals surface area contributed by atoms with Crippen molar-refractivity contribution in [2.75, 3.05) is 0 Å². The molecule has 0 aromatic heterocycles. The second kappa shape index (κ2) is 3.39. The third kappa shape index (κ3) is 2.24. The molecule has 3 heteroatoms. The fourth-order valence-corrected chi connectivity index (χ4v) is 0.867. The minimum atomic E-state index is 0.137. The van der Waals surface area contributed by atoms with Gasteiger partial charge in [0.25, 0.3) is 0 Å². The summed E-state index contributed by atoms with van der Waals surface area (Å²) >= 11 is 5.75. The Morgan fingerprint density at radius 3 is 2.64 bits per heavy atom. The van der Waals surface area contributed by atoms with Gasteiger partial charge >= 0.3 is 0 Å². The Morgan fingerprint density at radius 1 is 1.45 bits per heavy atom. The Bertz CT molecular complexity index is 273. The average molecular weight is 170 g/mol. The fourth-order valence-electron chi connectivity index (χ4n) is 0.692. The average Bonchev–Trinajstić information content (AvgIpc) is 1.93. The number of benzene rings is 1. The summed E-state index contributed by atoms with van der Waals surface area (Å²) in [7, 11) is 0. The van der Waals surface area contributed by atoms with Crippen molar-refractivity contribution in [3.8, 4) is 5.75 Å². The molecule has 0 atom stereocenters. The van der Waals surface area contributed by atoms with Crippen molar-refractivity contribution in [1.82, 2.24) is 0 Å². The monoisotopic (exact) mass is 169 g/mol. The third-order valence-electron chi connectivity index (χ3n) is 1.10. The van der Waals surface area contributed by atoms with Gasteiger partial charge in [0.2, 0.25) is 0 Å². The minimum absolute atomic E-state index is 0.137. The van der Waals surface area contributed by atoms with E-state index < -0.39 is 0 Å². The van der Waals surface area contributed by atoms with E-state index in [9.17, 15) is 0 Å². The van der Waals surface area contributed by atoms with Crippen LogP contribution in [-0.2, 0) is 0 Å². The molecule has 0 radical (unpaired) electrons. The molecule has 1 aromatic carbocycles. The van der Waals surface area contributed by atoms with Crippen LogP contribution in [0.15, 0.2) is 24.3 Å². The van der Waals surface area contributed by atoms with Crippen molar-refractivity contribution in [2.24, 2.45) is 0 Å². The van der Waals surface area contributed by atoms with Crippen LogP contribution in [0.5, 0.6) is 5.75 Å². The van der Waals surface area contributed by atoms with E-state index in [0.717, 1.165) is 0 Å². The number of halogens is 1. The van der Waals surface area contributed by atoms with E-state index in [4.69, 9.17) is 21.7 Å². The van der Waals surface area contributed by atoms with Gasteiger partial charge in [0.15, 0.2) is 5.90 Å². The lowest BCUT2D eigenvalue weighted by Gasteiger charge is -2.03. The summed E-state index contributed by atoms with van der Waals surface area (Å²) in [5, 5.41) is 7.57. The number of ether oxygens (including phenoxy) is 1. The first-order chi connectivity index (χ1) is 5.20. The number of para-hydroxylation sites is 1. The highest BCUT2D eigenvalue weighted by molar-refractivity contribution is 6.32. The van der Waals surface area contributed by atoms with Gasteiger partial charge in [-0.15, -0.1) is 0 Å². The van der Waals surface area contributed by atoms with Crippen molar-refractivity contribution in [2.45, 2.75) is 6.92 Å². The fraction of sp³-hybridized carbons (Fsp3) is 0.125. The third-order valence-corrected chi connectivity index (χ3v) is 1.41. The van der Waals surface area contributed by atoms with Gasteiger partial charge in [0.1, 0.15) is 5.75 Å². The molecule has 0 unspecified atom stereocenters. The first-order valence-corrected chi connectivity index (χ1v) is 3.55. The first kappa shape index (κ1) is 8.08. The number of hydrogen-bond donors (Lipinski definition) is 1. The van der Waals surface area contributed by atoms with Crippen molar-refractivity contribution in [1.29, 1.82) is 5.41 Å². The zero-order valence-electron chi connectivity index (χ0n) is 6.10. The molecule has 0 saturated carbocycles. The molecule has 1 aromatic rings. The largest absolute Gasteiger partial charge is 0.442 e. The zero-order chi connectivity index (χ0) is 8.27. The number of rotatable bonds is 1. The van der Waals surface area contributed by atoms with Crippen molar-refractivity contribution in [3.63, 3.8) is 0 Å². The lowest BCUT2D eigenvalue weighted by Crippen LogP contribution is -2.00. The summed E-state index contributed by atoms with van der Waals surface area (Å²) in [6.45, 7) is 1.56. The molecule has 1 N–H and O–H groups in total. The predicted molar refractivity (Wildman–Crippen MR) is 45.5 cm³/mol. The maximum atomic E-state index is 7.05. The van der Waals surface area contributed by atoms with Crippen LogP contribution in [0.25, 0.3) is 0 Å². The van der Waals surface area contributed by atoms with Crippen LogP contribution in [0.3, 0.4) is 0 Å². The standard InChI is InChI=1S/C8H8ClNO/c1-6(10)11-8-5-3-2-4-7(8)9/h2-5,10H,1H3. The topological polar surface area (TPSA) is 33.1 Å². The van der Waals surface area contributed by atoms with Gasteiger partial charge in [-0.05, 0) is 12.1 Å². The van der Waals surface area contributed by atoms with Gasteiger partial charge in [0, 0.05) is 6.92 Å². The van der Waals surface area contributed by atoms with Crippen LogP contribution in [0.2, 0.25) is 5.02 Å². The molecule has 0 saturated heterocycles. The Labute approximate surface area is 70.3 Å². The maximum Gasteiger partial charge on any atom is 0.184 e. The van der Waals surface area contributed by atoms with E-state index in [1.54, 1.807) is 19.1 Å². The van der Waals surface area contributed by atoms with Gasteiger partial charge in [-0.2, -0.15) is 0 Å². The molecule has 0 aliphatic rings. The molecular formula is C8H8ClNO. The highest BCUT2D eigenvalue weighted by atomic mass is 35.5. The van der Waals surface area contributed by atoms with Gasteiger partial charge in [-0.25, -0.2) is 0 Å². The second-order valence-corrected chi connectivity index (χ2v) is 2.50. The Balaban J connectivity index is 2.86. The Kier molecular flexibility index (Phi) is 2.49. The van der Waals surface area contributed by atoms with E-state index in [2.05, 4.69) is 0 Å². The summed E-state index contributed by atoms with van der Waals surface area (Å²) in [6, 6.07) is 7.07. The van der Waals surface area contributed by atoms with Crippen LogP contribution in [0.4, 0.5) is 0 Å². The minimum Gasteiger partial charge on any atom is -0.442 e. The molecule has 0 heterocycles. The second-order valence-electron chi connectivity index (χ2n) is 2.09. The van der Waals surface area contributed by atoms with E-state index >= 15 is 0 Å². The summed E-state index contributed by atoms with van der Waals surface area (Å²) in [5.74, 6) is 0.666. The Hall–Kier alpha value is -1.02. The van der Waals surface area contributed by atoms with E-state index in [1.165, 1.54) is 0 Å². The SMILES string of the molecule is CC(=N)Oc1ccccc1Cl. The molecule has 0 aliphatic heterocycles. The summed E-state index contributed by atoms with van der Waals surface area (Å²) in [6.07, 6.45) is 0. The van der Waals surface area contributed by atoms with Crippen molar-refractivity contribution in [3.05, 3.63) is 29.3 Å². The highest BCUT2D eigenvalue weighted by Crippen LogP contribution is 2.22. The Morgan fingerprint density at radius 2 is 2.09 bits per heavy atom. The van der Waals surface area contributed by atoms with Gasteiger partial charge in [-0.3, -0.25) is 5.41 Å². The smallest absolute Gasteiger partial charge is 0.184 e. The van der Waals surface area contributed by atoms with Gasteiger partial charge in [0.05, 0.1) is 5.02 Å². The predicted octanol–water partition coefficient (Wildman–Crippen LogP) is 2.72. The molecular weight excluding hydrogens is 162 g/mol. The van der Waals surface area contributed by atoms with Gasteiger partial charge < -0.3 is 4.74 Å². The molecule has 0 aliphatic carbocycles. The van der Waals surface area contributed by atoms with E-state index in [1.807, 2.05) is 12.1 Å². The van der Waals surface area contributed by atoms with E-state index in [0.29, 0.717) is 10.8 Å². The van der Waals surface area contributed by atoms with Crippen molar-refractivity contribution >= 4 is 17.5 Å². The molecule has 0 amide bonds. The van der Waals surface area contributed by atoms with Crippen molar-refractivity contribution < 1.29 is 4.74 Å². The molecule has 11 heavy (non-hydrogen) atoms. The van der Waals surface area contributed by atoms with Crippen LogP contribution < -0.4 is 4.74 Å². The summed E-state index contributed by atoms with van der Waals surface area (Å²) in [4.78, 5) is 0. The summed E-state index contributed by atoms with van der Waals surface area (Å²) in [5.41, 5.74) is 0. The van der Waals surface area contributed by atoms with Crippen LogP contribution >= 0.6 is 11.6 Å².